The Hall–Kier alpha value is -2.73. The van der Waals surface area contributed by atoms with Crippen LogP contribution < -0.4 is 4.90 Å². The van der Waals surface area contributed by atoms with E-state index in [2.05, 4.69) is 52.0 Å². The molecule has 27 heavy (non-hydrogen) atoms. The number of hydrogen-bond donors (Lipinski definition) is 0. The second-order valence-electron chi connectivity index (χ2n) is 7.08. The molecule has 0 saturated carbocycles. The van der Waals surface area contributed by atoms with E-state index < -0.39 is 0 Å². The van der Waals surface area contributed by atoms with Gasteiger partial charge in [0.1, 0.15) is 12.1 Å². The molecule has 1 saturated heterocycles. The van der Waals surface area contributed by atoms with Crippen molar-refractivity contribution in [2.24, 2.45) is 0 Å². The molecular weight excluding hydrogens is 341 g/mol. The van der Waals surface area contributed by atoms with Crippen molar-refractivity contribution in [1.82, 2.24) is 19.7 Å². The van der Waals surface area contributed by atoms with E-state index in [1.165, 1.54) is 28.9 Å². The second-order valence-corrected chi connectivity index (χ2v) is 7.08. The number of rotatable bonds is 4. The zero-order valence-electron chi connectivity index (χ0n) is 15.8. The van der Waals surface area contributed by atoms with Crippen LogP contribution in [-0.2, 0) is 6.54 Å². The van der Waals surface area contributed by atoms with Gasteiger partial charge < -0.3 is 4.90 Å². The number of aryl methyl sites for hydroxylation is 1. The van der Waals surface area contributed by atoms with Gasteiger partial charge in [-0.15, -0.1) is 10.2 Å². The van der Waals surface area contributed by atoms with Crippen molar-refractivity contribution in [1.29, 1.82) is 0 Å². The van der Waals surface area contributed by atoms with E-state index >= 15 is 0 Å². The van der Waals surface area contributed by atoms with Gasteiger partial charge in [0, 0.05) is 37.6 Å². The molecule has 1 aliphatic heterocycles. The van der Waals surface area contributed by atoms with Gasteiger partial charge in [0.15, 0.2) is 5.82 Å². The van der Waals surface area contributed by atoms with Gasteiger partial charge in [0.05, 0.1) is 6.54 Å². The minimum Gasteiger partial charge on any atom is -0.369 e. The molecule has 0 atom stereocenters. The highest BCUT2D eigenvalue weighted by Crippen LogP contribution is 2.24. The molecule has 0 bridgehead atoms. The normalized spacial score (nSPS) is 15.3. The zero-order chi connectivity index (χ0) is 18.8. The molecule has 5 nitrogen and oxygen atoms in total. The molecule has 0 amide bonds. The maximum absolute atomic E-state index is 13.2. The molecule has 3 aromatic rings. The van der Waals surface area contributed by atoms with E-state index in [1.807, 2.05) is 4.57 Å². The molecule has 2 aromatic carbocycles. The predicted molar refractivity (Wildman–Crippen MR) is 105 cm³/mol. The van der Waals surface area contributed by atoms with Crippen LogP contribution in [0.15, 0.2) is 48.8 Å². The zero-order valence-corrected chi connectivity index (χ0v) is 15.8. The fourth-order valence-corrected chi connectivity index (χ4v) is 3.61. The summed E-state index contributed by atoms with van der Waals surface area (Å²) in [5.41, 5.74) is 4.92. The minimum absolute atomic E-state index is 0.240. The molecule has 140 valence electrons. The lowest BCUT2D eigenvalue weighted by Gasteiger charge is -2.36. The Kier molecular flexibility index (Phi) is 4.90. The average molecular weight is 365 g/mol. The van der Waals surface area contributed by atoms with E-state index in [-0.39, 0.29) is 5.82 Å². The van der Waals surface area contributed by atoms with Gasteiger partial charge in [-0.05, 0) is 55.3 Å². The number of piperazine rings is 1. The summed E-state index contributed by atoms with van der Waals surface area (Å²) < 4.78 is 15.1. The molecular formula is C21H24FN5. The van der Waals surface area contributed by atoms with Gasteiger partial charge in [-0.25, -0.2) is 4.39 Å². The first-order chi connectivity index (χ1) is 13.1. The van der Waals surface area contributed by atoms with Gasteiger partial charge in [0.2, 0.25) is 0 Å². The number of benzene rings is 2. The average Bonchev–Trinajstić information content (AvgIpc) is 3.13. The molecule has 0 unspecified atom stereocenters. The van der Waals surface area contributed by atoms with Crippen LogP contribution in [0, 0.1) is 19.7 Å². The summed E-state index contributed by atoms with van der Waals surface area (Å²) in [5.74, 6) is 0.637. The topological polar surface area (TPSA) is 37.2 Å². The lowest BCUT2D eigenvalue weighted by molar-refractivity contribution is 0.242. The van der Waals surface area contributed by atoms with Crippen molar-refractivity contribution in [2.75, 3.05) is 31.1 Å². The highest BCUT2D eigenvalue weighted by molar-refractivity contribution is 5.56. The van der Waals surface area contributed by atoms with Gasteiger partial charge in [0.25, 0.3) is 0 Å². The summed E-state index contributed by atoms with van der Waals surface area (Å²) in [5, 5.41) is 8.33. The standard InChI is InChI=1S/C21H24FN5/c1-16-4-3-5-20(17(16)2)26-12-10-25(11-13-26)14-21-24-23-15-27(21)19-8-6-18(22)7-9-19/h3-9,15H,10-14H2,1-2H3. The smallest absolute Gasteiger partial charge is 0.151 e. The number of anilines is 1. The second kappa shape index (κ2) is 7.48. The lowest BCUT2D eigenvalue weighted by atomic mass is 10.1. The maximum atomic E-state index is 13.2. The summed E-state index contributed by atoms with van der Waals surface area (Å²) in [6, 6.07) is 12.9. The van der Waals surface area contributed by atoms with Crippen molar-refractivity contribution in [3.8, 4) is 5.69 Å². The molecule has 6 heteroatoms. The first-order valence-corrected chi connectivity index (χ1v) is 9.30. The van der Waals surface area contributed by atoms with Gasteiger partial charge in [-0.3, -0.25) is 9.47 Å². The summed E-state index contributed by atoms with van der Waals surface area (Å²) >= 11 is 0. The molecule has 2 heterocycles. The lowest BCUT2D eigenvalue weighted by Crippen LogP contribution is -2.46. The van der Waals surface area contributed by atoms with E-state index in [9.17, 15) is 4.39 Å². The predicted octanol–water partition coefficient (Wildman–Crippen LogP) is 3.35. The van der Waals surface area contributed by atoms with Crippen LogP contribution >= 0.6 is 0 Å². The minimum atomic E-state index is -0.240. The van der Waals surface area contributed by atoms with E-state index in [0.29, 0.717) is 0 Å². The third kappa shape index (κ3) is 3.71. The van der Waals surface area contributed by atoms with Crippen LogP contribution in [0.3, 0.4) is 0 Å². The fraction of sp³-hybridized carbons (Fsp3) is 0.333. The van der Waals surface area contributed by atoms with Crippen LogP contribution in [0.25, 0.3) is 5.69 Å². The Morgan fingerprint density at radius 1 is 0.963 bits per heavy atom. The van der Waals surface area contributed by atoms with E-state index in [0.717, 1.165) is 44.2 Å². The first kappa shape index (κ1) is 17.7. The van der Waals surface area contributed by atoms with Crippen molar-refractivity contribution < 1.29 is 4.39 Å². The van der Waals surface area contributed by atoms with Gasteiger partial charge >= 0.3 is 0 Å². The third-order valence-electron chi connectivity index (χ3n) is 5.38. The maximum Gasteiger partial charge on any atom is 0.151 e. The highest BCUT2D eigenvalue weighted by atomic mass is 19.1. The highest BCUT2D eigenvalue weighted by Gasteiger charge is 2.20. The SMILES string of the molecule is Cc1cccc(N2CCN(Cc3nncn3-c3ccc(F)cc3)CC2)c1C. The van der Waals surface area contributed by atoms with Crippen molar-refractivity contribution in [2.45, 2.75) is 20.4 Å². The van der Waals surface area contributed by atoms with Gasteiger partial charge in [-0.1, -0.05) is 12.1 Å². The summed E-state index contributed by atoms with van der Waals surface area (Å²) in [6.45, 7) is 9.04. The van der Waals surface area contributed by atoms with E-state index in [1.54, 1.807) is 18.5 Å². The number of aromatic nitrogens is 3. The number of nitrogens with zero attached hydrogens (tertiary/aromatic N) is 5. The molecule has 1 fully saturated rings. The molecule has 0 aliphatic carbocycles. The van der Waals surface area contributed by atoms with E-state index in [4.69, 9.17) is 0 Å². The Morgan fingerprint density at radius 2 is 1.70 bits per heavy atom. The Balaban J connectivity index is 1.42. The van der Waals surface area contributed by atoms with Crippen LogP contribution in [0.4, 0.5) is 10.1 Å². The molecule has 0 radical (unpaired) electrons. The molecule has 1 aliphatic rings. The quantitative estimate of drug-likeness (QED) is 0.711. The molecule has 1 aromatic heterocycles. The van der Waals surface area contributed by atoms with Crippen molar-refractivity contribution in [3.05, 3.63) is 71.6 Å². The Bertz CT molecular complexity index is 911. The van der Waals surface area contributed by atoms with Crippen molar-refractivity contribution in [3.63, 3.8) is 0 Å². The van der Waals surface area contributed by atoms with Crippen LogP contribution in [-0.4, -0.2) is 45.8 Å². The van der Waals surface area contributed by atoms with Crippen LogP contribution in [0.1, 0.15) is 17.0 Å². The number of halogens is 1. The first-order valence-electron chi connectivity index (χ1n) is 9.30. The summed E-state index contributed by atoms with van der Waals surface area (Å²) in [6.07, 6.45) is 1.69. The fourth-order valence-electron chi connectivity index (χ4n) is 3.61. The summed E-state index contributed by atoms with van der Waals surface area (Å²) in [4.78, 5) is 4.86. The largest absolute Gasteiger partial charge is 0.369 e. The number of hydrogen-bond acceptors (Lipinski definition) is 4. The Labute approximate surface area is 159 Å². The van der Waals surface area contributed by atoms with Crippen LogP contribution in [0.2, 0.25) is 0 Å². The summed E-state index contributed by atoms with van der Waals surface area (Å²) in [7, 11) is 0. The third-order valence-corrected chi connectivity index (χ3v) is 5.38. The molecule has 4 rings (SSSR count). The Morgan fingerprint density at radius 3 is 2.44 bits per heavy atom. The molecule has 0 N–H and O–H groups in total. The van der Waals surface area contributed by atoms with Crippen LogP contribution in [0.5, 0.6) is 0 Å². The molecule has 0 spiro atoms. The monoisotopic (exact) mass is 365 g/mol. The van der Waals surface area contributed by atoms with Gasteiger partial charge in [-0.2, -0.15) is 0 Å². The van der Waals surface area contributed by atoms with Crippen molar-refractivity contribution >= 4 is 5.69 Å².